The van der Waals surface area contributed by atoms with Crippen LogP contribution in [0.3, 0.4) is 0 Å². The molecule has 0 radical (unpaired) electrons. The molecule has 8 heteroatoms. The lowest BCUT2D eigenvalue weighted by molar-refractivity contribution is -0.0625. The van der Waals surface area contributed by atoms with Gasteiger partial charge in [-0.3, -0.25) is 14.8 Å². The Morgan fingerprint density at radius 3 is 2.71 bits per heavy atom. The van der Waals surface area contributed by atoms with E-state index in [0.29, 0.717) is 44.1 Å². The number of hydrogen-bond donors (Lipinski definition) is 0. The minimum atomic E-state index is -0.464. The van der Waals surface area contributed by atoms with Crippen molar-refractivity contribution in [1.82, 2.24) is 19.9 Å². The van der Waals surface area contributed by atoms with Gasteiger partial charge in [0, 0.05) is 50.2 Å². The van der Waals surface area contributed by atoms with Crippen LogP contribution in [0, 0.1) is 17.7 Å². The molecule has 0 bridgehead atoms. The Bertz CT molecular complexity index is 1070. The van der Waals surface area contributed by atoms with Crippen LogP contribution in [0.15, 0.2) is 59.5 Å². The van der Waals surface area contributed by atoms with Crippen LogP contribution in [0.1, 0.15) is 21.6 Å². The van der Waals surface area contributed by atoms with Gasteiger partial charge in [-0.1, -0.05) is 12.0 Å². The molecule has 0 aliphatic carbocycles. The third-order valence-corrected chi connectivity index (χ3v) is 5.09. The molecular weight excluding hydrogens is 397 g/mol. The Hall–Kier alpha value is -3.70. The lowest BCUT2D eigenvalue weighted by Crippen LogP contribution is -2.55. The van der Waals surface area contributed by atoms with Gasteiger partial charge in [0.15, 0.2) is 0 Å². The van der Waals surface area contributed by atoms with Crippen molar-refractivity contribution in [3.05, 3.63) is 77.2 Å². The van der Waals surface area contributed by atoms with E-state index in [2.05, 4.69) is 26.8 Å². The molecule has 2 aromatic rings. The van der Waals surface area contributed by atoms with Crippen LogP contribution in [0.4, 0.5) is 4.39 Å². The average Bonchev–Trinajstić information content (AvgIpc) is 2.84. The molecule has 31 heavy (non-hydrogen) atoms. The molecule has 3 heterocycles. The van der Waals surface area contributed by atoms with E-state index in [-0.39, 0.29) is 11.5 Å². The van der Waals surface area contributed by atoms with E-state index in [4.69, 9.17) is 4.74 Å². The van der Waals surface area contributed by atoms with Gasteiger partial charge < -0.3 is 9.64 Å². The molecule has 0 atom stereocenters. The second-order valence-electron chi connectivity index (χ2n) is 6.99. The summed E-state index contributed by atoms with van der Waals surface area (Å²) in [5, 5.41) is 4.08. The first kappa shape index (κ1) is 20.6. The number of hydrazine groups is 1. The molecular formula is C23H22FN5O2. The van der Waals surface area contributed by atoms with Crippen LogP contribution in [-0.4, -0.2) is 72.0 Å². The Morgan fingerprint density at radius 2 is 1.97 bits per heavy atom. The number of aromatic nitrogens is 1. The summed E-state index contributed by atoms with van der Waals surface area (Å²) in [6.45, 7) is 2.87. The number of aliphatic imine (C=N–C) groups is 1. The predicted octanol–water partition coefficient (Wildman–Crippen LogP) is 2.12. The number of piperazine rings is 1. The van der Waals surface area contributed by atoms with E-state index in [1.807, 2.05) is 17.2 Å². The van der Waals surface area contributed by atoms with Gasteiger partial charge in [-0.2, -0.15) is 0 Å². The third kappa shape index (κ3) is 4.73. The zero-order chi connectivity index (χ0) is 21.6. The highest BCUT2D eigenvalue weighted by atomic mass is 19.1. The van der Waals surface area contributed by atoms with Crippen LogP contribution in [-0.2, 0) is 4.74 Å². The van der Waals surface area contributed by atoms with Crippen molar-refractivity contribution < 1.29 is 13.9 Å². The summed E-state index contributed by atoms with van der Waals surface area (Å²) in [7, 11) is 1.63. The number of amides is 1. The molecule has 2 aliphatic heterocycles. The Kier molecular flexibility index (Phi) is 6.24. The van der Waals surface area contributed by atoms with Crippen LogP contribution >= 0.6 is 0 Å². The highest BCUT2D eigenvalue weighted by molar-refractivity contribution is 5.94. The maximum absolute atomic E-state index is 14.2. The van der Waals surface area contributed by atoms with Crippen molar-refractivity contribution >= 4 is 12.1 Å². The SMILES string of the molecule is COC1=CC=NCN1N1CCN(C(=O)c2ccc(F)c(C#Cc3ccccn3)c2)CC1. The van der Waals surface area contributed by atoms with Gasteiger partial charge in [0.25, 0.3) is 5.91 Å². The van der Waals surface area contributed by atoms with Crippen molar-refractivity contribution in [2.45, 2.75) is 0 Å². The first-order chi connectivity index (χ1) is 15.2. The number of nitrogens with zero attached hydrogens (tertiary/aromatic N) is 5. The second kappa shape index (κ2) is 9.41. The van der Waals surface area contributed by atoms with E-state index in [1.54, 1.807) is 36.6 Å². The van der Waals surface area contributed by atoms with E-state index in [0.717, 1.165) is 5.88 Å². The Labute approximate surface area is 180 Å². The van der Waals surface area contributed by atoms with Gasteiger partial charge in [-0.25, -0.2) is 14.4 Å². The average molecular weight is 419 g/mol. The van der Waals surface area contributed by atoms with E-state index in [9.17, 15) is 9.18 Å². The fourth-order valence-electron chi connectivity index (χ4n) is 3.44. The summed E-state index contributed by atoms with van der Waals surface area (Å²) in [5.74, 6) is 5.74. The molecule has 1 aromatic carbocycles. The molecule has 0 unspecified atom stereocenters. The maximum Gasteiger partial charge on any atom is 0.253 e. The number of allylic oxidation sites excluding steroid dienone is 1. The molecule has 0 N–H and O–H groups in total. The van der Waals surface area contributed by atoms with Gasteiger partial charge in [0.1, 0.15) is 18.2 Å². The summed E-state index contributed by atoms with van der Waals surface area (Å²) in [4.78, 5) is 23.1. The highest BCUT2D eigenvalue weighted by Crippen LogP contribution is 2.17. The Morgan fingerprint density at radius 1 is 1.13 bits per heavy atom. The molecule has 7 nitrogen and oxygen atoms in total. The molecule has 0 spiro atoms. The minimum absolute atomic E-state index is 0.139. The number of halogens is 1. The van der Waals surface area contributed by atoms with E-state index < -0.39 is 5.82 Å². The van der Waals surface area contributed by atoms with Gasteiger partial charge in [-0.15, -0.1) is 0 Å². The summed E-state index contributed by atoms with van der Waals surface area (Å²) >= 11 is 0. The topological polar surface area (TPSA) is 61.3 Å². The summed E-state index contributed by atoms with van der Waals surface area (Å²) < 4.78 is 19.6. The summed E-state index contributed by atoms with van der Waals surface area (Å²) in [6.07, 6.45) is 5.16. The van der Waals surface area contributed by atoms with Crippen molar-refractivity contribution in [1.29, 1.82) is 0 Å². The second-order valence-corrected chi connectivity index (χ2v) is 6.99. The minimum Gasteiger partial charge on any atom is -0.481 e. The molecule has 0 saturated carbocycles. The van der Waals surface area contributed by atoms with Gasteiger partial charge in [-0.05, 0) is 36.3 Å². The van der Waals surface area contributed by atoms with E-state index in [1.165, 1.54) is 18.2 Å². The molecule has 1 amide bonds. The monoisotopic (exact) mass is 419 g/mol. The molecule has 1 aromatic heterocycles. The van der Waals surface area contributed by atoms with Gasteiger partial charge in [0.2, 0.25) is 5.88 Å². The lowest BCUT2D eigenvalue weighted by atomic mass is 10.1. The number of carbonyl (C=O) groups excluding carboxylic acids is 1. The Balaban J connectivity index is 1.43. The third-order valence-electron chi connectivity index (χ3n) is 5.09. The zero-order valence-electron chi connectivity index (χ0n) is 17.2. The van der Waals surface area contributed by atoms with Gasteiger partial charge in [0.05, 0.1) is 12.7 Å². The molecule has 4 rings (SSSR count). The van der Waals surface area contributed by atoms with Crippen LogP contribution in [0.5, 0.6) is 0 Å². The van der Waals surface area contributed by atoms with Crippen molar-refractivity contribution in [2.24, 2.45) is 4.99 Å². The fraction of sp³-hybridized carbons (Fsp3) is 0.261. The number of pyridine rings is 1. The summed E-state index contributed by atoms with van der Waals surface area (Å²) in [5.41, 5.74) is 1.14. The number of carbonyl (C=O) groups is 1. The molecule has 2 aliphatic rings. The van der Waals surface area contributed by atoms with Crippen LogP contribution < -0.4 is 0 Å². The number of methoxy groups -OCH3 is 1. The normalized spacial score (nSPS) is 16.4. The number of ether oxygens (including phenoxy) is 1. The van der Waals surface area contributed by atoms with Crippen molar-refractivity contribution in [2.75, 3.05) is 40.0 Å². The zero-order valence-corrected chi connectivity index (χ0v) is 17.2. The smallest absolute Gasteiger partial charge is 0.253 e. The quantitative estimate of drug-likeness (QED) is 0.714. The molecule has 1 fully saturated rings. The largest absolute Gasteiger partial charge is 0.481 e. The molecule has 1 saturated heterocycles. The van der Waals surface area contributed by atoms with Crippen LogP contribution in [0.25, 0.3) is 0 Å². The maximum atomic E-state index is 14.2. The number of rotatable bonds is 3. The van der Waals surface area contributed by atoms with Crippen molar-refractivity contribution in [3.8, 4) is 11.8 Å². The lowest BCUT2D eigenvalue weighted by Gasteiger charge is -2.42. The van der Waals surface area contributed by atoms with Crippen molar-refractivity contribution in [3.63, 3.8) is 0 Å². The standard InChI is InChI=1S/C23H22FN5O2/c1-31-22-9-11-25-17-29(22)28-14-12-27(13-15-28)23(30)19-6-8-21(24)18(16-19)5-7-20-4-2-3-10-26-20/h2-4,6,8-11,16H,12-15,17H2,1H3. The summed E-state index contributed by atoms with van der Waals surface area (Å²) in [6, 6.07) is 9.64. The number of hydrogen-bond acceptors (Lipinski definition) is 6. The van der Waals surface area contributed by atoms with Gasteiger partial charge >= 0.3 is 0 Å². The van der Waals surface area contributed by atoms with E-state index >= 15 is 0 Å². The first-order valence-corrected chi connectivity index (χ1v) is 9.94. The van der Waals surface area contributed by atoms with Crippen LogP contribution in [0.2, 0.25) is 0 Å². The fourth-order valence-corrected chi connectivity index (χ4v) is 3.44. The highest BCUT2D eigenvalue weighted by Gasteiger charge is 2.27. The molecule has 158 valence electrons. The predicted molar refractivity (Wildman–Crippen MR) is 114 cm³/mol. The first-order valence-electron chi connectivity index (χ1n) is 9.94. The number of benzene rings is 1.